The quantitative estimate of drug-likeness (QED) is 0.808. The minimum absolute atomic E-state index is 0.154. The van der Waals surface area contributed by atoms with Crippen LogP contribution in [0.25, 0.3) is 0 Å². The summed E-state index contributed by atoms with van der Waals surface area (Å²) in [4.78, 5) is 11.3. The van der Waals surface area contributed by atoms with Crippen LogP contribution in [0.3, 0.4) is 0 Å². The van der Waals surface area contributed by atoms with Gasteiger partial charge < -0.3 is 9.84 Å². The summed E-state index contributed by atoms with van der Waals surface area (Å²) in [6.07, 6.45) is 9.65. The van der Waals surface area contributed by atoms with E-state index >= 15 is 0 Å². The van der Waals surface area contributed by atoms with Crippen molar-refractivity contribution in [1.29, 1.82) is 0 Å². The zero-order valence-corrected chi connectivity index (χ0v) is 11.7. The molecule has 1 N–H and O–H groups in total. The molecule has 110 valence electrons. The lowest BCUT2D eigenvalue weighted by atomic mass is 9.77. The van der Waals surface area contributed by atoms with Gasteiger partial charge in [-0.1, -0.05) is 12.2 Å². The molecule has 0 amide bonds. The number of aliphatic hydroxyl groups is 1. The van der Waals surface area contributed by atoms with Crippen LogP contribution in [0.4, 0.5) is 4.39 Å². The topological polar surface area (TPSA) is 46.5 Å². The summed E-state index contributed by atoms with van der Waals surface area (Å²) >= 11 is 0. The van der Waals surface area contributed by atoms with Gasteiger partial charge in [0.05, 0.1) is 7.11 Å². The Bertz CT molecular complexity index is 443. The van der Waals surface area contributed by atoms with Crippen molar-refractivity contribution < 1.29 is 19.0 Å². The Morgan fingerprint density at radius 2 is 2.10 bits per heavy atom. The molecule has 0 aromatic heterocycles. The summed E-state index contributed by atoms with van der Waals surface area (Å²) < 4.78 is 18.3. The molecule has 0 aliphatic heterocycles. The van der Waals surface area contributed by atoms with Crippen molar-refractivity contribution in [3.8, 4) is 0 Å². The fourth-order valence-corrected chi connectivity index (χ4v) is 2.93. The number of rotatable bonds is 3. The van der Waals surface area contributed by atoms with E-state index in [0.29, 0.717) is 18.3 Å². The van der Waals surface area contributed by atoms with Gasteiger partial charge in [-0.25, -0.2) is 4.39 Å². The standard InChI is InChI=1S/C16H21FO3/c1-20-16(19)9-11-5-7-12(8-6-11)13-3-2-4-15(18)14(17)10-13/h2-4,10-12,15,18H,5-9H2,1H3. The monoisotopic (exact) mass is 280 g/mol. The number of hydrogen-bond donors (Lipinski definition) is 1. The Morgan fingerprint density at radius 3 is 2.75 bits per heavy atom. The number of carbonyl (C=O) groups is 1. The van der Waals surface area contributed by atoms with Crippen LogP contribution in [-0.4, -0.2) is 24.3 Å². The third kappa shape index (κ3) is 3.79. The Labute approximate surface area is 118 Å². The maximum Gasteiger partial charge on any atom is 0.305 e. The summed E-state index contributed by atoms with van der Waals surface area (Å²) in [6, 6.07) is 0. The van der Waals surface area contributed by atoms with E-state index in [9.17, 15) is 14.3 Å². The molecule has 1 fully saturated rings. The first-order valence-electron chi connectivity index (χ1n) is 7.10. The molecule has 1 saturated carbocycles. The van der Waals surface area contributed by atoms with E-state index in [4.69, 9.17) is 4.74 Å². The van der Waals surface area contributed by atoms with Crippen LogP contribution in [0.5, 0.6) is 0 Å². The van der Waals surface area contributed by atoms with Gasteiger partial charge in [0.2, 0.25) is 0 Å². The molecule has 0 aromatic rings. The SMILES string of the molecule is COC(=O)CC1CCC(C2=CC=CC(O)C(F)=C2)CC1. The third-order valence-corrected chi connectivity index (χ3v) is 4.17. The number of methoxy groups -OCH3 is 1. The average molecular weight is 280 g/mol. The zero-order valence-electron chi connectivity index (χ0n) is 11.7. The lowest BCUT2D eigenvalue weighted by Gasteiger charge is -2.28. The number of halogens is 1. The van der Waals surface area contributed by atoms with Gasteiger partial charge >= 0.3 is 5.97 Å². The van der Waals surface area contributed by atoms with Crippen molar-refractivity contribution in [1.82, 2.24) is 0 Å². The summed E-state index contributed by atoms with van der Waals surface area (Å²) in [6.45, 7) is 0. The highest BCUT2D eigenvalue weighted by Crippen LogP contribution is 2.36. The molecular formula is C16H21FO3. The third-order valence-electron chi connectivity index (χ3n) is 4.17. The van der Waals surface area contributed by atoms with Crippen molar-refractivity contribution in [3.05, 3.63) is 35.7 Å². The maximum absolute atomic E-state index is 13.6. The van der Waals surface area contributed by atoms with E-state index in [0.717, 1.165) is 31.3 Å². The van der Waals surface area contributed by atoms with Crippen LogP contribution in [0.15, 0.2) is 35.7 Å². The largest absolute Gasteiger partial charge is 0.469 e. The van der Waals surface area contributed by atoms with Crippen molar-refractivity contribution in [2.24, 2.45) is 11.8 Å². The minimum atomic E-state index is -1.13. The number of aliphatic hydroxyl groups excluding tert-OH is 1. The van der Waals surface area contributed by atoms with Crippen molar-refractivity contribution in [2.75, 3.05) is 7.11 Å². The van der Waals surface area contributed by atoms with E-state index in [1.807, 2.05) is 6.08 Å². The molecule has 2 aliphatic carbocycles. The van der Waals surface area contributed by atoms with E-state index in [1.165, 1.54) is 19.3 Å². The normalized spacial score (nSPS) is 30.2. The van der Waals surface area contributed by atoms with E-state index in [2.05, 4.69) is 0 Å². The van der Waals surface area contributed by atoms with Crippen molar-refractivity contribution >= 4 is 5.97 Å². The highest BCUT2D eigenvalue weighted by atomic mass is 19.1. The van der Waals surface area contributed by atoms with Crippen LogP contribution < -0.4 is 0 Å². The molecule has 0 radical (unpaired) electrons. The number of allylic oxidation sites excluding steroid dienone is 4. The predicted octanol–water partition coefficient (Wildman–Crippen LogP) is 3.07. The van der Waals surface area contributed by atoms with Gasteiger partial charge in [0.15, 0.2) is 0 Å². The second kappa shape index (κ2) is 6.84. The van der Waals surface area contributed by atoms with Gasteiger partial charge in [0, 0.05) is 6.42 Å². The molecule has 3 nitrogen and oxygen atoms in total. The summed E-state index contributed by atoms with van der Waals surface area (Å²) in [7, 11) is 1.41. The highest BCUT2D eigenvalue weighted by Gasteiger charge is 2.25. The lowest BCUT2D eigenvalue weighted by molar-refractivity contribution is -0.142. The van der Waals surface area contributed by atoms with Crippen LogP contribution >= 0.6 is 0 Å². The number of ether oxygens (including phenoxy) is 1. The molecule has 1 unspecified atom stereocenters. The Kier molecular flexibility index (Phi) is 5.12. The van der Waals surface area contributed by atoms with E-state index in [1.54, 1.807) is 6.08 Å². The van der Waals surface area contributed by atoms with Gasteiger partial charge in [-0.15, -0.1) is 0 Å². The van der Waals surface area contributed by atoms with Crippen LogP contribution in [0, 0.1) is 11.8 Å². The molecule has 1 atom stereocenters. The zero-order chi connectivity index (χ0) is 14.5. The molecule has 0 heterocycles. The molecule has 2 aliphatic rings. The Balaban J connectivity index is 1.92. The summed E-state index contributed by atoms with van der Waals surface area (Å²) in [5.41, 5.74) is 0.937. The van der Waals surface area contributed by atoms with E-state index in [-0.39, 0.29) is 5.97 Å². The van der Waals surface area contributed by atoms with Crippen molar-refractivity contribution in [3.63, 3.8) is 0 Å². The van der Waals surface area contributed by atoms with Crippen LogP contribution in [0.2, 0.25) is 0 Å². The molecular weight excluding hydrogens is 259 g/mol. The van der Waals surface area contributed by atoms with Gasteiger partial charge in [0.1, 0.15) is 11.9 Å². The molecule has 20 heavy (non-hydrogen) atoms. The van der Waals surface area contributed by atoms with Gasteiger partial charge in [-0.3, -0.25) is 4.79 Å². The fourth-order valence-electron chi connectivity index (χ4n) is 2.93. The molecule has 2 rings (SSSR count). The maximum atomic E-state index is 13.6. The van der Waals surface area contributed by atoms with Gasteiger partial charge in [-0.2, -0.15) is 0 Å². The van der Waals surface area contributed by atoms with Crippen LogP contribution in [-0.2, 0) is 9.53 Å². The fraction of sp³-hybridized carbons (Fsp3) is 0.562. The second-order valence-electron chi connectivity index (χ2n) is 5.52. The lowest BCUT2D eigenvalue weighted by Crippen LogP contribution is -2.19. The first-order valence-corrected chi connectivity index (χ1v) is 7.10. The number of carbonyl (C=O) groups excluding carboxylic acids is 1. The number of esters is 1. The van der Waals surface area contributed by atoms with Crippen LogP contribution in [0.1, 0.15) is 32.1 Å². The van der Waals surface area contributed by atoms with E-state index < -0.39 is 11.9 Å². The predicted molar refractivity (Wildman–Crippen MR) is 74.5 cm³/mol. The summed E-state index contributed by atoms with van der Waals surface area (Å²) in [5.74, 6) is 0.0328. The first kappa shape index (κ1) is 15.0. The smallest absolute Gasteiger partial charge is 0.305 e. The molecule has 4 heteroatoms. The average Bonchev–Trinajstić information content (AvgIpc) is 2.62. The van der Waals surface area contributed by atoms with Gasteiger partial charge in [-0.05, 0) is 55.2 Å². The number of hydrogen-bond acceptors (Lipinski definition) is 3. The minimum Gasteiger partial charge on any atom is -0.469 e. The molecule has 0 aromatic carbocycles. The molecule has 0 spiro atoms. The molecule has 0 bridgehead atoms. The van der Waals surface area contributed by atoms with Crippen molar-refractivity contribution in [2.45, 2.75) is 38.2 Å². The highest BCUT2D eigenvalue weighted by molar-refractivity contribution is 5.69. The Morgan fingerprint density at radius 1 is 1.40 bits per heavy atom. The molecule has 0 saturated heterocycles. The first-order chi connectivity index (χ1) is 9.60. The summed E-state index contributed by atoms with van der Waals surface area (Å²) in [5, 5.41) is 9.43. The second-order valence-corrected chi connectivity index (χ2v) is 5.52. The van der Waals surface area contributed by atoms with Gasteiger partial charge in [0.25, 0.3) is 0 Å². The Hall–Kier alpha value is -1.42.